The standard InChI is InChI=1S/C19H15FN2O2S/c20-15-8-6-12(7-9-15)17(16-5-2-10-25-16)22-19(24)14-4-1-3-13(11-14)18(21)23/h1-11,17H,(H2,21,23)(H,22,24). The first-order valence-corrected chi connectivity index (χ1v) is 8.42. The Morgan fingerprint density at radius 3 is 2.36 bits per heavy atom. The average molecular weight is 354 g/mol. The highest BCUT2D eigenvalue weighted by atomic mass is 32.1. The number of primary amides is 1. The Labute approximate surface area is 148 Å². The van der Waals surface area contributed by atoms with E-state index in [-0.39, 0.29) is 17.3 Å². The fraction of sp³-hybridized carbons (Fsp3) is 0.0526. The van der Waals surface area contributed by atoms with E-state index < -0.39 is 11.9 Å². The van der Waals surface area contributed by atoms with Crippen LogP contribution in [0.2, 0.25) is 0 Å². The second-order valence-electron chi connectivity index (χ2n) is 5.42. The number of rotatable bonds is 5. The summed E-state index contributed by atoms with van der Waals surface area (Å²) in [6.45, 7) is 0. The number of benzene rings is 2. The zero-order valence-electron chi connectivity index (χ0n) is 13.1. The second-order valence-corrected chi connectivity index (χ2v) is 6.40. The number of thiophene rings is 1. The third-order valence-corrected chi connectivity index (χ3v) is 4.65. The predicted molar refractivity (Wildman–Crippen MR) is 95.0 cm³/mol. The van der Waals surface area contributed by atoms with Crippen molar-refractivity contribution in [1.82, 2.24) is 5.32 Å². The summed E-state index contributed by atoms with van der Waals surface area (Å²) < 4.78 is 13.2. The van der Waals surface area contributed by atoms with E-state index in [2.05, 4.69) is 5.32 Å². The molecule has 3 N–H and O–H groups in total. The highest BCUT2D eigenvalue weighted by molar-refractivity contribution is 7.10. The van der Waals surface area contributed by atoms with Crippen LogP contribution in [0.25, 0.3) is 0 Å². The Bertz CT molecular complexity index is 892. The minimum absolute atomic E-state index is 0.266. The van der Waals surface area contributed by atoms with Crippen molar-refractivity contribution in [2.45, 2.75) is 6.04 Å². The molecule has 0 saturated heterocycles. The van der Waals surface area contributed by atoms with Gasteiger partial charge >= 0.3 is 0 Å². The second kappa shape index (κ2) is 7.27. The Morgan fingerprint density at radius 2 is 1.72 bits per heavy atom. The van der Waals surface area contributed by atoms with E-state index >= 15 is 0 Å². The van der Waals surface area contributed by atoms with Gasteiger partial charge in [0.25, 0.3) is 5.91 Å². The Hall–Kier alpha value is -2.99. The van der Waals surface area contributed by atoms with Crippen LogP contribution in [0, 0.1) is 5.82 Å². The molecule has 0 spiro atoms. The lowest BCUT2D eigenvalue weighted by molar-refractivity contribution is 0.0943. The van der Waals surface area contributed by atoms with Crippen LogP contribution in [0.3, 0.4) is 0 Å². The summed E-state index contributed by atoms with van der Waals surface area (Å²) in [5, 5.41) is 4.84. The fourth-order valence-electron chi connectivity index (χ4n) is 2.46. The van der Waals surface area contributed by atoms with Gasteiger partial charge in [0.2, 0.25) is 5.91 Å². The van der Waals surface area contributed by atoms with Crippen LogP contribution in [0.4, 0.5) is 4.39 Å². The molecule has 0 bridgehead atoms. The molecule has 0 fully saturated rings. The van der Waals surface area contributed by atoms with Crippen LogP contribution in [-0.4, -0.2) is 11.8 Å². The van der Waals surface area contributed by atoms with Gasteiger partial charge in [-0.15, -0.1) is 11.3 Å². The zero-order chi connectivity index (χ0) is 17.8. The van der Waals surface area contributed by atoms with Crippen molar-refractivity contribution in [1.29, 1.82) is 0 Å². The van der Waals surface area contributed by atoms with Gasteiger partial charge in [-0.3, -0.25) is 9.59 Å². The largest absolute Gasteiger partial charge is 0.366 e. The van der Waals surface area contributed by atoms with E-state index in [1.807, 2.05) is 17.5 Å². The maximum atomic E-state index is 13.2. The quantitative estimate of drug-likeness (QED) is 0.736. The number of hydrogen-bond donors (Lipinski definition) is 2. The van der Waals surface area contributed by atoms with Crippen molar-refractivity contribution >= 4 is 23.2 Å². The molecule has 1 aromatic heterocycles. The van der Waals surface area contributed by atoms with Crippen molar-refractivity contribution in [3.8, 4) is 0 Å². The molecule has 0 radical (unpaired) electrons. The molecule has 3 aromatic rings. The number of hydrogen-bond acceptors (Lipinski definition) is 3. The summed E-state index contributed by atoms with van der Waals surface area (Å²) in [5.41, 5.74) is 6.63. The van der Waals surface area contributed by atoms with E-state index in [0.29, 0.717) is 5.56 Å². The van der Waals surface area contributed by atoms with E-state index in [9.17, 15) is 14.0 Å². The number of halogens is 1. The lowest BCUT2D eigenvalue weighted by Gasteiger charge is -2.18. The molecule has 0 aliphatic carbocycles. The molecule has 2 aromatic carbocycles. The van der Waals surface area contributed by atoms with Crippen LogP contribution < -0.4 is 11.1 Å². The molecule has 1 unspecified atom stereocenters. The fourth-order valence-corrected chi connectivity index (χ4v) is 3.26. The SMILES string of the molecule is NC(=O)c1cccc(C(=O)NC(c2ccc(F)cc2)c2cccs2)c1. The first-order chi connectivity index (χ1) is 12.0. The summed E-state index contributed by atoms with van der Waals surface area (Å²) in [6.07, 6.45) is 0. The molecule has 0 aliphatic heterocycles. The molecule has 3 rings (SSSR count). The van der Waals surface area contributed by atoms with Gasteiger partial charge in [0, 0.05) is 16.0 Å². The molecule has 126 valence electrons. The monoisotopic (exact) mass is 354 g/mol. The molecular weight excluding hydrogens is 339 g/mol. The van der Waals surface area contributed by atoms with Gasteiger partial charge in [0.15, 0.2) is 0 Å². The molecule has 2 amide bonds. The average Bonchev–Trinajstić information content (AvgIpc) is 3.15. The molecule has 4 nitrogen and oxygen atoms in total. The molecule has 25 heavy (non-hydrogen) atoms. The minimum Gasteiger partial charge on any atom is -0.366 e. The summed E-state index contributed by atoms with van der Waals surface area (Å²) in [4.78, 5) is 24.8. The molecule has 1 heterocycles. The maximum absolute atomic E-state index is 13.2. The van der Waals surface area contributed by atoms with Crippen LogP contribution in [-0.2, 0) is 0 Å². The lowest BCUT2D eigenvalue weighted by atomic mass is 10.0. The Kier molecular flexibility index (Phi) is 4.90. The Balaban J connectivity index is 1.90. The zero-order valence-corrected chi connectivity index (χ0v) is 13.9. The number of carbonyl (C=O) groups is 2. The van der Waals surface area contributed by atoms with Gasteiger partial charge in [0.05, 0.1) is 6.04 Å². The van der Waals surface area contributed by atoms with Gasteiger partial charge in [0.1, 0.15) is 5.82 Å². The highest BCUT2D eigenvalue weighted by Crippen LogP contribution is 2.26. The molecule has 0 aliphatic rings. The van der Waals surface area contributed by atoms with Crippen LogP contribution in [0.1, 0.15) is 37.2 Å². The third kappa shape index (κ3) is 3.92. The third-order valence-electron chi connectivity index (χ3n) is 3.72. The first kappa shape index (κ1) is 16.9. The lowest BCUT2D eigenvalue weighted by Crippen LogP contribution is -2.29. The minimum atomic E-state index is -0.594. The van der Waals surface area contributed by atoms with Gasteiger partial charge in [-0.1, -0.05) is 24.3 Å². The summed E-state index contributed by atoms with van der Waals surface area (Å²) in [5.74, 6) is -1.28. The van der Waals surface area contributed by atoms with E-state index in [0.717, 1.165) is 10.4 Å². The van der Waals surface area contributed by atoms with Gasteiger partial charge in [-0.05, 0) is 47.3 Å². The van der Waals surface area contributed by atoms with Gasteiger partial charge in [-0.2, -0.15) is 0 Å². The van der Waals surface area contributed by atoms with E-state index in [4.69, 9.17) is 5.73 Å². The normalized spacial score (nSPS) is 11.7. The van der Waals surface area contributed by atoms with Crippen molar-refractivity contribution in [3.05, 3.63) is 93.4 Å². The van der Waals surface area contributed by atoms with E-state index in [1.54, 1.807) is 30.3 Å². The summed E-state index contributed by atoms with van der Waals surface area (Å²) in [6, 6.07) is 15.6. The summed E-state index contributed by atoms with van der Waals surface area (Å²) in [7, 11) is 0. The molecular formula is C19H15FN2O2S. The smallest absolute Gasteiger partial charge is 0.252 e. The highest BCUT2D eigenvalue weighted by Gasteiger charge is 2.19. The molecule has 6 heteroatoms. The number of amides is 2. The van der Waals surface area contributed by atoms with Crippen LogP contribution >= 0.6 is 11.3 Å². The van der Waals surface area contributed by atoms with E-state index in [1.165, 1.54) is 29.5 Å². The topological polar surface area (TPSA) is 72.2 Å². The van der Waals surface area contributed by atoms with Gasteiger partial charge < -0.3 is 11.1 Å². The number of nitrogens with one attached hydrogen (secondary N) is 1. The maximum Gasteiger partial charge on any atom is 0.252 e. The van der Waals surface area contributed by atoms with Crippen LogP contribution in [0.5, 0.6) is 0 Å². The van der Waals surface area contributed by atoms with Crippen LogP contribution in [0.15, 0.2) is 66.0 Å². The van der Waals surface area contributed by atoms with Crippen molar-refractivity contribution in [2.24, 2.45) is 5.73 Å². The number of nitrogens with two attached hydrogens (primary N) is 1. The molecule has 0 saturated carbocycles. The van der Waals surface area contributed by atoms with Gasteiger partial charge in [-0.25, -0.2) is 4.39 Å². The van der Waals surface area contributed by atoms with Crippen molar-refractivity contribution in [3.63, 3.8) is 0 Å². The van der Waals surface area contributed by atoms with Crippen molar-refractivity contribution < 1.29 is 14.0 Å². The number of carbonyl (C=O) groups excluding carboxylic acids is 2. The Morgan fingerprint density at radius 1 is 1.00 bits per heavy atom. The summed E-state index contributed by atoms with van der Waals surface area (Å²) >= 11 is 1.49. The van der Waals surface area contributed by atoms with Crippen molar-refractivity contribution in [2.75, 3.05) is 0 Å². The predicted octanol–water partition coefficient (Wildman–Crippen LogP) is 3.51. The molecule has 1 atom stereocenters. The first-order valence-electron chi connectivity index (χ1n) is 7.54.